The molecule has 0 bridgehead atoms. The Balaban J connectivity index is 1.42. The number of para-hydroxylation sites is 4. The van der Waals surface area contributed by atoms with Gasteiger partial charge in [-0.3, -0.25) is 9.59 Å². The second kappa shape index (κ2) is 19.8. The van der Waals surface area contributed by atoms with Crippen LogP contribution in [0.5, 0.6) is 11.5 Å². The number of ether oxygens (including phenoxy) is 2. The molecule has 0 saturated carbocycles. The second-order valence-corrected chi connectivity index (χ2v) is 13.0. The lowest BCUT2D eigenvalue weighted by molar-refractivity contribution is 0.101. The van der Waals surface area contributed by atoms with Crippen LogP contribution in [0, 0.1) is 0 Å². The van der Waals surface area contributed by atoms with E-state index < -0.39 is 0 Å². The van der Waals surface area contributed by atoms with E-state index in [-0.39, 0.29) is 11.8 Å². The third-order valence-corrected chi connectivity index (χ3v) is 10.4. The van der Waals surface area contributed by atoms with Crippen molar-refractivity contribution in [1.82, 2.24) is 9.80 Å². The predicted molar refractivity (Wildman–Crippen MR) is 200 cm³/mol. The lowest BCUT2D eigenvalue weighted by Gasteiger charge is -2.19. The minimum absolute atomic E-state index is 0.234. The Morgan fingerprint density at radius 2 is 0.896 bits per heavy atom. The number of rotatable bonds is 19. The molecule has 0 spiro atoms. The molecular weight excluding hydrogens is 641 g/mol. The van der Waals surface area contributed by atoms with E-state index in [2.05, 4.69) is 48.1 Å². The molecule has 8 nitrogen and oxygen atoms in total. The molecule has 2 amide bonds. The molecule has 4 aromatic rings. The zero-order valence-electron chi connectivity index (χ0n) is 28.2. The maximum Gasteiger partial charge on any atom is 0.256 e. The van der Waals surface area contributed by atoms with Gasteiger partial charge in [0.15, 0.2) is 0 Å². The molecule has 4 aromatic carbocycles. The summed E-state index contributed by atoms with van der Waals surface area (Å²) >= 11 is 0. The van der Waals surface area contributed by atoms with Crippen LogP contribution in [-0.2, 0) is 0 Å². The van der Waals surface area contributed by atoms with Gasteiger partial charge >= 0.3 is 0 Å². The van der Waals surface area contributed by atoms with Crippen molar-refractivity contribution in [3.8, 4) is 11.5 Å². The molecule has 48 heavy (non-hydrogen) atoms. The number of benzene rings is 4. The fourth-order valence-electron chi connectivity index (χ4n) is 4.96. The Hall–Kier alpha value is -3.96. The molecule has 0 atom stereocenters. The number of hydrogen-bond acceptors (Lipinski definition) is 8. The van der Waals surface area contributed by atoms with Crippen molar-refractivity contribution in [2.45, 2.75) is 37.5 Å². The summed E-state index contributed by atoms with van der Waals surface area (Å²) in [6, 6.07) is 29.9. The Kier molecular flexibility index (Phi) is 15.2. The monoisotopic (exact) mass is 686 g/mol. The number of carbonyl (C=O) groups excluding carboxylic acids is 2. The first-order chi connectivity index (χ1) is 23.5. The summed E-state index contributed by atoms with van der Waals surface area (Å²) in [5, 5.41) is 6.08. The summed E-state index contributed by atoms with van der Waals surface area (Å²) in [7, 11) is 2.87. The molecule has 0 aromatic heterocycles. The van der Waals surface area contributed by atoms with E-state index in [4.69, 9.17) is 9.47 Å². The highest BCUT2D eigenvalue weighted by Gasteiger charge is 2.18. The first-order valence-corrected chi connectivity index (χ1v) is 18.7. The van der Waals surface area contributed by atoms with Gasteiger partial charge in [0.1, 0.15) is 24.7 Å². The van der Waals surface area contributed by atoms with Crippen molar-refractivity contribution in [2.24, 2.45) is 0 Å². The van der Waals surface area contributed by atoms with Crippen molar-refractivity contribution in [3.63, 3.8) is 0 Å². The van der Waals surface area contributed by atoms with Gasteiger partial charge in [-0.2, -0.15) is 0 Å². The van der Waals surface area contributed by atoms with Crippen LogP contribution in [0.15, 0.2) is 107 Å². The number of nitrogens with zero attached hydrogens (tertiary/aromatic N) is 2. The quantitative estimate of drug-likeness (QED) is 0.0952. The van der Waals surface area contributed by atoms with Crippen LogP contribution in [-0.4, -0.2) is 74.1 Å². The standard InChI is InChI=1S/C38H46N4O4S2/c1-5-41(6-2)25-27-45-33-21-13-11-19-31(33)39-37(43)29-17-9-15-23-35(29)47-48-36-24-16-10-18-30(36)38(44)40-32-20-12-14-22-34(32)46-28-26-42(7-3)8-4/h9-24H,5-8,25-28H2,1-4H3,(H,39,43)(H,40,44). The maximum atomic E-state index is 13.6. The summed E-state index contributed by atoms with van der Waals surface area (Å²) in [5.41, 5.74) is 2.30. The topological polar surface area (TPSA) is 83.1 Å². The molecule has 0 fully saturated rings. The van der Waals surface area contributed by atoms with Gasteiger partial charge in [-0.05, 0) is 74.7 Å². The van der Waals surface area contributed by atoms with Gasteiger partial charge in [0.2, 0.25) is 0 Å². The number of anilines is 2. The second-order valence-electron chi connectivity index (χ2n) is 10.8. The molecule has 2 N–H and O–H groups in total. The van der Waals surface area contributed by atoms with E-state index in [0.29, 0.717) is 47.2 Å². The summed E-state index contributed by atoms with van der Waals surface area (Å²) in [6.07, 6.45) is 0. The molecule has 0 aliphatic carbocycles. The molecule has 0 aliphatic heterocycles. The van der Waals surface area contributed by atoms with Gasteiger partial charge in [0.25, 0.3) is 11.8 Å². The van der Waals surface area contributed by atoms with Gasteiger partial charge in [0, 0.05) is 22.9 Å². The highest BCUT2D eigenvalue weighted by atomic mass is 33.1. The van der Waals surface area contributed by atoms with Gasteiger partial charge in [-0.1, -0.05) is 97.8 Å². The van der Waals surface area contributed by atoms with E-state index in [1.165, 1.54) is 21.6 Å². The van der Waals surface area contributed by atoms with E-state index in [9.17, 15) is 9.59 Å². The van der Waals surface area contributed by atoms with E-state index in [1.807, 2.05) is 84.9 Å². The first-order valence-electron chi connectivity index (χ1n) is 16.5. The third-order valence-electron chi connectivity index (χ3n) is 7.87. The van der Waals surface area contributed by atoms with Crippen LogP contribution in [0.3, 0.4) is 0 Å². The van der Waals surface area contributed by atoms with Crippen LogP contribution in [0.4, 0.5) is 11.4 Å². The highest BCUT2D eigenvalue weighted by Crippen LogP contribution is 2.41. The van der Waals surface area contributed by atoms with Crippen LogP contribution in [0.25, 0.3) is 0 Å². The molecule has 4 rings (SSSR count). The number of carbonyl (C=O) groups is 2. The number of amides is 2. The summed E-state index contributed by atoms with van der Waals surface area (Å²) in [4.78, 5) is 33.2. The minimum Gasteiger partial charge on any atom is -0.490 e. The molecule has 0 aliphatic rings. The van der Waals surface area contributed by atoms with Gasteiger partial charge in [0.05, 0.1) is 22.5 Å². The maximum absolute atomic E-state index is 13.6. The predicted octanol–water partition coefficient (Wildman–Crippen LogP) is 8.43. The first kappa shape index (κ1) is 36.9. The van der Waals surface area contributed by atoms with Crippen molar-refractivity contribution < 1.29 is 19.1 Å². The molecule has 0 heterocycles. The van der Waals surface area contributed by atoms with E-state index >= 15 is 0 Å². The van der Waals surface area contributed by atoms with Crippen LogP contribution in [0.1, 0.15) is 48.4 Å². The number of likely N-dealkylation sites (N-methyl/N-ethyl adjacent to an activating group) is 2. The summed E-state index contributed by atoms with van der Waals surface area (Å²) < 4.78 is 12.1. The normalized spacial score (nSPS) is 11.0. The lowest BCUT2D eigenvalue weighted by Crippen LogP contribution is -2.28. The van der Waals surface area contributed by atoms with Crippen molar-refractivity contribution in [2.75, 3.05) is 63.1 Å². The zero-order chi connectivity index (χ0) is 34.1. The molecule has 0 radical (unpaired) electrons. The number of nitrogens with one attached hydrogen (secondary N) is 2. The smallest absolute Gasteiger partial charge is 0.256 e. The molecular formula is C38H46N4O4S2. The average molecular weight is 687 g/mol. The molecule has 0 saturated heterocycles. The van der Waals surface area contributed by atoms with Crippen molar-refractivity contribution >= 4 is 44.8 Å². The fraction of sp³-hybridized carbons (Fsp3) is 0.316. The molecule has 10 heteroatoms. The van der Waals surface area contributed by atoms with Gasteiger partial charge in [-0.25, -0.2) is 0 Å². The largest absolute Gasteiger partial charge is 0.490 e. The fourth-order valence-corrected chi connectivity index (χ4v) is 7.32. The highest BCUT2D eigenvalue weighted by molar-refractivity contribution is 8.76. The molecule has 0 unspecified atom stereocenters. The SMILES string of the molecule is CCN(CC)CCOc1ccccc1NC(=O)c1ccccc1SSc1ccccc1C(=O)Nc1ccccc1OCCN(CC)CC. The van der Waals surface area contributed by atoms with Gasteiger partial charge in [-0.15, -0.1) is 0 Å². The van der Waals surface area contributed by atoms with Crippen molar-refractivity contribution in [3.05, 3.63) is 108 Å². The number of hydrogen-bond donors (Lipinski definition) is 2. The van der Waals surface area contributed by atoms with E-state index in [0.717, 1.165) is 49.1 Å². The van der Waals surface area contributed by atoms with Crippen LogP contribution >= 0.6 is 21.6 Å². The zero-order valence-corrected chi connectivity index (χ0v) is 29.9. The van der Waals surface area contributed by atoms with Gasteiger partial charge < -0.3 is 29.9 Å². The summed E-state index contributed by atoms with van der Waals surface area (Å²) in [6.45, 7) is 15.0. The van der Waals surface area contributed by atoms with Crippen LogP contribution in [0.2, 0.25) is 0 Å². The van der Waals surface area contributed by atoms with E-state index in [1.54, 1.807) is 12.1 Å². The Bertz CT molecular complexity index is 1490. The Morgan fingerprint density at radius 3 is 1.29 bits per heavy atom. The minimum atomic E-state index is -0.234. The Labute approximate surface area is 293 Å². The van der Waals surface area contributed by atoms with Crippen molar-refractivity contribution in [1.29, 1.82) is 0 Å². The van der Waals surface area contributed by atoms with Crippen LogP contribution < -0.4 is 20.1 Å². The third kappa shape index (κ3) is 10.8. The average Bonchev–Trinajstić information content (AvgIpc) is 3.12. The lowest BCUT2D eigenvalue weighted by atomic mass is 10.2. The molecule has 254 valence electrons. The summed E-state index contributed by atoms with van der Waals surface area (Å²) in [5.74, 6) is 0.797. The Morgan fingerprint density at radius 1 is 0.542 bits per heavy atom.